The standard InChI is InChI=1S/C13H14N2O2S/c1-16-9-3-5-10(6-4-9)18-12-8-7-11(14)13(15-12)17-2/h3-8H,14H2,1-2H3. The van der Waals surface area contributed by atoms with Gasteiger partial charge in [0.1, 0.15) is 10.8 Å². The largest absolute Gasteiger partial charge is 0.497 e. The van der Waals surface area contributed by atoms with Crippen molar-refractivity contribution in [1.82, 2.24) is 4.98 Å². The molecule has 4 nitrogen and oxygen atoms in total. The summed E-state index contributed by atoms with van der Waals surface area (Å²) < 4.78 is 10.2. The summed E-state index contributed by atoms with van der Waals surface area (Å²) >= 11 is 1.54. The molecule has 2 aromatic rings. The van der Waals surface area contributed by atoms with Crippen molar-refractivity contribution in [1.29, 1.82) is 0 Å². The van der Waals surface area contributed by atoms with E-state index in [1.807, 2.05) is 30.3 Å². The first-order valence-corrected chi connectivity index (χ1v) is 6.17. The fourth-order valence-electron chi connectivity index (χ4n) is 1.42. The molecular formula is C13H14N2O2S. The van der Waals surface area contributed by atoms with Gasteiger partial charge in [0.2, 0.25) is 5.88 Å². The molecule has 1 aromatic carbocycles. The van der Waals surface area contributed by atoms with Crippen molar-refractivity contribution in [2.75, 3.05) is 20.0 Å². The van der Waals surface area contributed by atoms with Crippen molar-refractivity contribution >= 4 is 17.4 Å². The highest BCUT2D eigenvalue weighted by Crippen LogP contribution is 2.30. The Morgan fingerprint density at radius 3 is 2.33 bits per heavy atom. The topological polar surface area (TPSA) is 57.4 Å². The molecule has 0 amide bonds. The lowest BCUT2D eigenvalue weighted by atomic mass is 10.3. The van der Waals surface area contributed by atoms with Crippen molar-refractivity contribution < 1.29 is 9.47 Å². The number of methoxy groups -OCH3 is 2. The number of nitrogen functional groups attached to an aromatic ring is 1. The molecule has 1 aromatic heterocycles. The molecule has 0 saturated carbocycles. The van der Waals surface area contributed by atoms with Gasteiger partial charge < -0.3 is 15.2 Å². The Bertz CT molecular complexity index is 529. The maximum Gasteiger partial charge on any atom is 0.237 e. The normalized spacial score (nSPS) is 10.1. The number of nitrogens with two attached hydrogens (primary N) is 1. The van der Waals surface area contributed by atoms with E-state index in [9.17, 15) is 0 Å². The molecule has 0 aliphatic rings. The predicted molar refractivity (Wildman–Crippen MR) is 72.3 cm³/mol. The monoisotopic (exact) mass is 262 g/mol. The minimum Gasteiger partial charge on any atom is -0.497 e. The Kier molecular flexibility index (Phi) is 3.94. The van der Waals surface area contributed by atoms with Crippen LogP contribution in [0.1, 0.15) is 0 Å². The van der Waals surface area contributed by atoms with E-state index in [0.29, 0.717) is 11.6 Å². The Balaban J connectivity index is 2.17. The summed E-state index contributed by atoms with van der Waals surface area (Å²) in [6.07, 6.45) is 0. The summed E-state index contributed by atoms with van der Waals surface area (Å²) in [5, 5.41) is 0.839. The van der Waals surface area contributed by atoms with Gasteiger partial charge in [-0.3, -0.25) is 0 Å². The van der Waals surface area contributed by atoms with Gasteiger partial charge in [0.05, 0.1) is 19.9 Å². The van der Waals surface area contributed by atoms with E-state index in [-0.39, 0.29) is 0 Å². The van der Waals surface area contributed by atoms with Gasteiger partial charge in [0.15, 0.2) is 0 Å². The van der Waals surface area contributed by atoms with Crippen LogP contribution in [0.5, 0.6) is 11.6 Å². The molecule has 18 heavy (non-hydrogen) atoms. The zero-order chi connectivity index (χ0) is 13.0. The SMILES string of the molecule is COc1ccc(Sc2ccc(N)c(OC)n2)cc1. The third kappa shape index (κ3) is 2.87. The van der Waals surface area contributed by atoms with Crippen LogP contribution in [0.3, 0.4) is 0 Å². The highest BCUT2D eigenvalue weighted by Gasteiger charge is 2.04. The first kappa shape index (κ1) is 12.6. The van der Waals surface area contributed by atoms with Crippen molar-refractivity contribution in [3.63, 3.8) is 0 Å². The van der Waals surface area contributed by atoms with Gasteiger partial charge in [-0.05, 0) is 36.4 Å². The fourth-order valence-corrected chi connectivity index (χ4v) is 2.20. The molecule has 0 aliphatic heterocycles. The van der Waals surface area contributed by atoms with Crippen molar-refractivity contribution in [2.24, 2.45) is 0 Å². The molecule has 0 unspecified atom stereocenters. The van der Waals surface area contributed by atoms with Gasteiger partial charge in [-0.2, -0.15) is 0 Å². The van der Waals surface area contributed by atoms with E-state index in [1.54, 1.807) is 32.0 Å². The van der Waals surface area contributed by atoms with Crippen molar-refractivity contribution in [3.8, 4) is 11.6 Å². The molecule has 2 rings (SSSR count). The van der Waals surface area contributed by atoms with E-state index >= 15 is 0 Å². The van der Waals surface area contributed by atoms with Crippen molar-refractivity contribution in [3.05, 3.63) is 36.4 Å². The molecule has 0 aliphatic carbocycles. The second-order valence-electron chi connectivity index (χ2n) is 3.53. The minimum absolute atomic E-state index is 0.452. The van der Waals surface area contributed by atoms with Gasteiger partial charge in [-0.1, -0.05) is 11.8 Å². The summed E-state index contributed by atoms with van der Waals surface area (Å²) in [5.74, 6) is 1.29. The van der Waals surface area contributed by atoms with Crippen LogP contribution in [0.2, 0.25) is 0 Å². The van der Waals surface area contributed by atoms with E-state index in [0.717, 1.165) is 15.7 Å². The number of rotatable bonds is 4. The molecule has 94 valence electrons. The highest BCUT2D eigenvalue weighted by molar-refractivity contribution is 7.99. The number of hydrogen-bond acceptors (Lipinski definition) is 5. The average Bonchev–Trinajstić information content (AvgIpc) is 2.42. The molecule has 5 heteroatoms. The third-order valence-corrected chi connectivity index (χ3v) is 3.28. The Morgan fingerprint density at radius 2 is 1.72 bits per heavy atom. The second-order valence-corrected chi connectivity index (χ2v) is 4.62. The fraction of sp³-hybridized carbons (Fsp3) is 0.154. The lowest BCUT2D eigenvalue weighted by Crippen LogP contribution is -1.95. The number of nitrogens with zero attached hydrogens (tertiary/aromatic N) is 1. The average molecular weight is 262 g/mol. The van der Waals surface area contributed by atoms with Crippen LogP contribution in [0.15, 0.2) is 46.3 Å². The van der Waals surface area contributed by atoms with Gasteiger partial charge >= 0.3 is 0 Å². The number of ether oxygens (including phenoxy) is 2. The first-order valence-electron chi connectivity index (χ1n) is 5.35. The molecule has 0 fully saturated rings. The van der Waals surface area contributed by atoms with Crippen molar-refractivity contribution in [2.45, 2.75) is 9.92 Å². The summed E-state index contributed by atoms with van der Waals surface area (Å²) in [7, 11) is 3.20. The molecular weight excluding hydrogens is 248 g/mol. The van der Waals surface area contributed by atoms with E-state index < -0.39 is 0 Å². The number of anilines is 1. The first-order chi connectivity index (χ1) is 8.72. The smallest absolute Gasteiger partial charge is 0.237 e. The molecule has 1 heterocycles. The van der Waals surface area contributed by atoms with Gasteiger partial charge in [-0.25, -0.2) is 4.98 Å². The van der Waals surface area contributed by atoms with Crippen LogP contribution in [0, 0.1) is 0 Å². The maximum atomic E-state index is 5.72. The Morgan fingerprint density at radius 1 is 1.00 bits per heavy atom. The van der Waals surface area contributed by atoms with Crippen LogP contribution >= 0.6 is 11.8 Å². The second kappa shape index (κ2) is 5.64. The quantitative estimate of drug-likeness (QED) is 0.918. The predicted octanol–water partition coefficient (Wildman–Crippen LogP) is 2.83. The zero-order valence-corrected chi connectivity index (χ0v) is 11.0. The van der Waals surface area contributed by atoms with Gasteiger partial charge in [-0.15, -0.1) is 0 Å². The van der Waals surface area contributed by atoms with Crippen LogP contribution in [0.25, 0.3) is 0 Å². The van der Waals surface area contributed by atoms with E-state index in [2.05, 4.69) is 4.98 Å². The number of pyridine rings is 1. The van der Waals surface area contributed by atoms with Crippen LogP contribution in [0.4, 0.5) is 5.69 Å². The summed E-state index contributed by atoms with van der Waals surface area (Å²) in [6.45, 7) is 0. The Labute approximate surface area is 110 Å². The molecule has 0 atom stereocenters. The lowest BCUT2D eigenvalue weighted by molar-refractivity contribution is 0.397. The molecule has 0 bridgehead atoms. The van der Waals surface area contributed by atoms with Crippen LogP contribution < -0.4 is 15.2 Å². The molecule has 0 saturated heterocycles. The summed E-state index contributed by atoms with van der Waals surface area (Å²) in [6, 6.07) is 11.4. The lowest BCUT2D eigenvalue weighted by Gasteiger charge is -2.06. The highest BCUT2D eigenvalue weighted by atomic mass is 32.2. The summed E-state index contributed by atoms with van der Waals surface area (Å²) in [5.41, 5.74) is 6.26. The molecule has 2 N–H and O–H groups in total. The number of benzene rings is 1. The number of aromatic nitrogens is 1. The minimum atomic E-state index is 0.452. The maximum absolute atomic E-state index is 5.72. The van der Waals surface area contributed by atoms with E-state index in [4.69, 9.17) is 15.2 Å². The van der Waals surface area contributed by atoms with Gasteiger partial charge in [0, 0.05) is 4.90 Å². The zero-order valence-electron chi connectivity index (χ0n) is 10.2. The van der Waals surface area contributed by atoms with Gasteiger partial charge in [0.25, 0.3) is 0 Å². The number of hydrogen-bond donors (Lipinski definition) is 1. The van der Waals surface area contributed by atoms with Crippen LogP contribution in [-0.2, 0) is 0 Å². The van der Waals surface area contributed by atoms with E-state index in [1.165, 1.54) is 0 Å². The third-order valence-electron chi connectivity index (χ3n) is 2.34. The van der Waals surface area contributed by atoms with Crippen LogP contribution in [-0.4, -0.2) is 19.2 Å². The Hall–Kier alpha value is -1.88. The molecule has 0 radical (unpaired) electrons. The molecule has 0 spiro atoms. The summed E-state index contributed by atoms with van der Waals surface area (Å²) in [4.78, 5) is 5.39.